The third-order valence-corrected chi connectivity index (χ3v) is 0.200. The smallest absolute Gasteiger partial charge is 0.135 e. The molecule has 0 saturated carbocycles. The zero-order valence-electron chi connectivity index (χ0n) is 2.12. The summed E-state index contributed by atoms with van der Waals surface area (Å²) in [5.41, 5.74) is 0. The lowest BCUT2D eigenvalue weighted by Crippen LogP contribution is -1.25. The van der Waals surface area contributed by atoms with Crippen molar-refractivity contribution >= 4 is 12.1 Å². The van der Waals surface area contributed by atoms with Gasteiger partial charge in [-0.3, -0.25) is 0 Å². The van der Waals surface area contributed by atoms with Crippen LogP contribution >= 0.6 is 12.1 Å². The largest absolute Gasteiger partial charge is 0.205 e. The van der Waals surface area contributed by atoms with Crippen LogP contribution in [0, 0.1) is 9.81 Å². The third-order valence-electron chi connectivity index (χ3n) is 0.0667. The molecule has 0 aliphatic rings. The molecule has 0 aromatic heterocycles. The molecule has 5 heavy (non-hydrogen) atoms. The minimum atomic E-state index is 0.102. The average molecular weight is 92.1 g/mol. The Balaban J connectivity index is 2.65. The van der Waals surface area contributed by atoms with Crippen molar-refractivity contribution in [2.45, 2.75) is 0 Å². The maximum absolute atomic E-state index is 8.82. The molecule has 0 fully saturated rings. The molecule has 0 atom stereocenters. The van der Waals surface area contributed by atoms with Crippen molar-refractivity contribution in [1.29, 1.82) is 0 Å². The highest BCUT2D eigenvalue weighted by molar-refractivity contribution is 7.96. The molecule has 0 rings (SSSR count). The number of nitroso groups, excluding NO2 is 2. The van der Waals surface area contributed by atoms with Crippen LogP contribution in [-0.4, -0.2) is 0 Å². The van der Waals surface area contributed by atoms with E-state index in [0.29, 0.717) is 0 Å². The number of hydrogen-bond acceptors (Lipinski definition) is 5. The molecule has 0 radical (unpaired) electrons. The highest BCUT2D eigenvalue weighted by Crippen LogP contribution is 1.96. The lowest BCUT2D eigenvalue weighted by Gasteiger charge is -1.50. The van der Waals surface area contributed by atoms with Crippen molar-refractivity contribution in [3.05, 3.63) is 9.81 Å². The summed E-state index contributed by atoms with van der Waals surface area (Å²) in [5, 5.41) is 0. The van der Waals surface area contributed by atoms with Crippen LogP contribution in [0.1, 0.15) is 0 Å². The average Bonchev–Trinajstić information content (AvgIpc) is 1.41. The highest BCUT2D eigenvalue weighted by Gasteiger charge is 1.67. The van der Waals surface area contributed by atoms with Gasteiger partial charge in [0.05, 0.1) is 0 Å². The normalized spacial score (nSPS) is 6.40. The van der Waals surface area contributed by atoms with Crippen LogP contribution in [0.4, 0.5) is 0 Å². The van der Waals surface area contributed by atoms with E-state index in [1.807, 2.05) is 9.16 Å². The Kier molecular flexibility index (Phi) is 3.23. The van der Waals surface area contributed by atoms with E-state index in [9.17, 15) is 0 Å². The van der Waals surface area contributed by atoms with Gasteiger partial charge in [0.1, 0.15) is 0 Å². The van der Waals surface area contributed by atoms with Gasteiger partial charge in [-0.25, -0.2) is 0 Å². The molecule has 5 heteroatoms. The molecule has 0 aromatic carbocycles. The summed E-state index contributed by atoms with van der Waals surface area (Å²) in [6, 6.07) is 0. The molecule has 0 aromatic rings. The van der Waals surface area contributed by atoms with Gasteiger partial charge >= 0.3 is 0 Å². The van der Waals surface area contributed by atoms with Crippen LogP contribution in [0.3, 0.4) is 0 Å². The van der Waals surface area contributed by atoms with Gasteiger partial charge in [0.25, 0.3) is 0 Å². The zero-order chi connectivity index (χ0) is 4.12. The quantitative estimate of drug-likeness (QED) is 0.378. The highest BCUT2D eigenvalue weighted by atomic mass is 32.2. The second-order valence-electron chi connectivity index (χ2n) is 0.231. The minimum Gasteiger partial charge on any atom is -0.135 e. The summed E-state index contributed by atoms with van der Waals surface area (Å²) < 4.78 is 4.08. The van der Waals surface area contributed by atoms with Crippen LogP contribution in [0.15, 0.2) is 9.16 Å². The van der Waals surface area contributed by atoms with E-state index >= 15 is 0 Å². The molecule has 0 saturated heterocycles. The molecule has 0 aliphatic carbocycles. The first-order valence-electron chi connectivity index (χ1n) is 0.730. The van der Waals surface area contributed by atoms with Crippen LogP contribution < -0.4 is 0 Å². The van der Waals surface area contributed by atoms with E-state index < -0.39 is 0 Å². The van der Waals surface area contributed by atoms with Crippen molar-refractivity contribution in [2.75, 3.05) is 0 Å². The Bertz CT molecular complexity index is 36.9. The molecular formula is N2O2S. The number of nitrogens with zero attached hydrogens (tertiary/aromatic N) is 2. The Labute approximate surface area is 32.2 Å². The summed E-state index contributed by atoms with van der Waals surface area (Å²) in [6.45, 7) is 0. The summed E-state index contributed by atoms with van der Waals surface area (Å²) >= 11 is 0.102. The fourth-order valence-corrected chi connectivity index (χ4v) is 0.0408. The van der Waals surface area contributed by atoms with E-state index in [1.54, 1.807) is 0 Å². The summed E-state index contributed by atoms with van der Waals surface area (Å²) in [7, 11) is 0. The second-order valence-corrected chi connectivity index (χ2v) is 0.692. The van der Waals surface area contributed by atoms with E-state index in [2.05, 4.69) is 0 Å². The van der Waals surface area contributed by atoms with Crippen LogP contribution in [-0.2, 0) is 0 Å². The van der Waals surface area contributed by atoms with E-state index in [-0.39, 0.29) is 12.1 Å². The van der Waals surface area contributed by atoms with Crippen LogP contribution in [0.25, 0.3) is 0 Å². The van der Waals surface area contributed by atoms with Gasteiger partial charge in [0.15, 0.2) is 0 Å². The third kappa shape index (κ3) is 3.55. The van der Waals surface area contributed by atoms with Crippen LogP contribution in [0.2, 0.25) is 0 Å². The van der Waals surface area contributed by atoms with Crippen LogP contribution in [0.5, 0.6) is 0 Å². The molecule has 28 valence electrons. The van der Waals surface area contributed by atoms with Gasteiger partial charge in [0, 0.05) is 9.16 Å². The van der Waals surface area contributed by atoms with Gasteiger partial charge in [-0.05, 0) is 0 Å². The Hall–Kier alpha value is -0.450. The number of hydrogen-bond donors (Lipinski definition) is 0. The lowest BCUT2D eigenvalue weighted by molar-refractivity contribution is 1.77. The maximum Gasteiger partial charge on any atom is 0.205 e. The minimum absolute atomic E-state index is 0.102. The van der Waals surface area contributed by atoms with Gasteiger partial charge in [-0.15, -0.1) is 9.81 Å². The Morgan fingerprint density at radius 2 is 1.60 bits per heavy atom. The fourth-order valence-electron chi connectivity index (χ4n) is 0.0136. The molecular weight excluding hydrogens is 92.1 g/mol. The molecule has 0 amide bonds. The molecule has 0 N–H and O–H groups in total. The topological polar surface area (TPSA) is 58.9 Å². The summed E-state index contributed by atoms with van der Waals surface area (Å²) in [4.78, 5) is 17.6. The number of rotatable bonds is 2. The van der Waals surface area contributed by atoms with Gasteiger partial charge in [0.2, 0.25) is 12.1 Å². The van der Waals surface area contributed by atoms with E-state index in [4.69, 9.17) is 9.81 Å². The Morgan fingerprint density at radius 3 is 1.60 bits per heavy atom. The lowest BCUT2D eigenvalue weighted by atomic mass is 13.7. The molecule has 0 heterocycles. The molecule has 0 aliphatic heterocycles. The van der Waals surface area contributed by atoms with Gasteiger partial charge in [-0.1, -0.05) is 0 Å². The Morgan fingerprint density at radius 1 is 1.20 bits per heavy atom. The first kappa shape index (κ1) is 4.55. The van der Waals surface area contributed by atoms with Crippen molar-refractivity contribution in [3.8, 4) is 0 Å². The van der Waals surface area contributed by atoms with Crippen molar-refractivity contribution < 1.29 is 0 Å². The van der Waals surface area contributed by atoms with Crippen molar-refractivity contribution in [3.63, 3.8) is 0 Å². The van der Waals surface area contributed by atoms with Gasteiger partial charge < -0.3 is 0 Å². The monoisotopic (exact) mass is 92.0 g/mol. The molecule has 0 bridgehead atoms. The predicted molar refractivity (Wildman–Crippen MR) is 19.2 cm³/mol. The SMILES string of the molecule is O=NSN=O. The first-order valence-corrected chi connectivity index (χ1v) is 1.46. The molecule has 0 unspecified atom stereocenters. The summed E-state index contributed by atoms with van der Waals surface area (Å²) in [5.74, 6) is 0. The van der Waals surface area contributed by atoms with E-state index in [0.717, 1.165) is 0 Å². The first-order chi connectivity index (χ1) is 2.41. The molecule has 0 spiro atoms. The molecule has 4 nitrogen and oxygen atoms in total. The fraction of sp³-hybridized carbons (Fsp3) is 0. The second kappa shape index (κ2) is 3.55. The van der Waals surface area contributed by atoms with Crippen molar-refractivity contribution in [2.24, 2.45) is 9.16 Å². The van der Waals surface area contributed by atoms with E-state index in [1.165, 1.54) is 0 Å². The zero-order valence-corrected chi connectivity index (χ0v) is 2.94. The maximum atomic E-state index is 8.82. The van der Waals surface area contributed by atoms with Gasteiger partial charge in [-0.2, -0.15) is 0 Å². The van der Waals surface area contributed by atoms with Crippen molar-refractivity contribution in [1.82, 2.24) is 0 Å². The predicted octanol–water partition coefficient (Wildman–Crippen LogP) is 1.08. The standard InChI is InChI=1S/N2O2S/c3-1-5-2-4. The summed E-state index contributed by atoms with van der Waals surface area (Å²) in [6.07, 6.45) is 0.